The number of nitrogen functional groups attached to an aromatic ring is 1. The molecule has 0 aliphatic carbocycles. The fraction of sp³-hybridized carbons (Fsp3) is 0.300. The molecule has 0 amide bonds. The standard InChI is InChI=1S/C10H14N6S/c1-6-7(5-16(2)15-6)12-9-4-8(11)13-10(14-9)17-3/h4-5H,1-3H3,(H3,11,12,13,14). The molecule has 2 rings (SSSR count). The van der Waals surface area contributed by atoms with E-state index < -0.39 is 0 Å². The van der Waals surface area contributed by atoms with Crippen LogP contribution in [0.1, 0.15) is 5.69 Å². The van der Waals surface area contributed by atoms with Gasteiger partial charge in [0.1, 0.15) is 11.6 Å². The van der Waals surface area contributed by atoms with Crippen molar-refractivity contribution in [1.82, 2.24) is 19.7 Å². The molecule has 0 aliphatic heterocycles. The Balaban J connectivity index is 2.29. The first-order valence-corrected chi connectivity index (χ1v) is 6.27. The molecule has 2 aromatic heterocycles. The van der Waals surface area contributed by atoms with Gasteiger partial charge in [0.25, 0.3) is 0 Å². The zero-order valence-corrected chi connectivity index (χ0v) is 10.7. The molecule has 0 spiro atoms. The normalized spacial score (nSPS) is 10.5. The highest BCUT2D eigenvalue weighted by Gasteiger charge is 2.06. The minimum atomic E-state index is 0.452. The third-order valence-electron chi connectivity index (χ3n) is 2.18. The molecule has 0 aliphatic rings. The molecule has 7 heteroatoms. The van der Waals surface area contributed by atoms with Gasteiger partial charge in [0.15, 0.2) is 5.16 Å². The van der Waals surface area contributed by atoms with Crippen molar-refractivity contribution in [3.63, 3.8) is 0 Å². The van der Waals surface area contributed by atoms with E-state index in [1.165, 1.54) is 11.8 Å². The predicted molar refractivity (Wildman–Crippen MR) is 69.5 cm³/mol. The van der Waals surface area contributed by atoms with Crippen molar-refractivity contribution in [2.24, 2.45) is 7.05 Å². The lowest BCUT2D eigenvalue weighted by atomic mass is 10.4. The fourth-order valence-electron chi connectivity index (χ4n) is 1.46. The van der Waals surface area contributed by atoms with Gasteiger partial charge in [-0.2, -0.15) is 5.10 Å². The van der Waals surface area contributed by atoms with Gasteiger partial charge < -0.3 is 11.1 Å². The van der Waals surface area contributed by atoms with Crippen LogP contribution in [0.4, 0.5) is 17.3 Å². The van der Waals surface area contributed by atoms with Crippen LogP contribution >= 0.6 is 11.8 Å². The summed E-state index contributed by atoms with van der Waals surface area (Å²) >= 11 is 1.45. The van der Waals surface area contributed by atoms with E-state index in [1.54, 1.807) is 10.7 Å². The van der Waals surface area contributed by atoms with Crippen LogP contribution in [-0.2, 0) is 7.05 Å². The van der Waals surface area contributed by atoms with Crippen LogP contribution in [0.3, 0.4) is 0 Å². The van der Waals surface area contributed by atoms with E-state index in [0.29, 0.717) is 16.8 Å². The van der Waals surface area contributed by atoms with E-state index in [9.17, 15) is 0 Å². The first kappa shape index (κ1) is 11.7. The second-order valence-electron chi connectivity index (χ2n) is 3.59. The predicted octanol–water partition coefficient (Wildman–Crippen LogP) is 1.57. The van der Waals surface area contributed by atoms with Crippen molar-refractivity contribution in [2.45, 2.75) is 12.1 Å². The number of anilines is 3. The van der Waals surface area contributed by atoms with Crippen LogP contribution < -0.4 is 11.1 Å². The lowest BCUT2D eigenvalue weighted by Crippen LogP contribution is -2.00. The van der Waals surface area contributed by atoms with E-state index in [0.717, 1.165) is 11.4 Å². The Morgan fingerprint density at radius 3 is 2.76 bits per heavy atom. The summed E-state index contributed by atoms with van der Waals surface area (Å²) < 4.78 is 1.75. The number of aryl methyl sites for hydroxylation is 2. The lowest BCUT2D eigenvalue weighted by molar-refractivity contribution is 0.756. The Hall–Kier alpha value is -1.76. The van der Waals surface area contributed by atoms with E-state index in [4.69, 9.17) is 5.73 Å². The molecule has 0 bridgehead atoms. The number of rotatable bonds is 3. The molecule has 0 saturated heterocycles. The van der Waals surface area contributed by atoms with E-state index in [1.807, 2.05) is 26.4 Å². The van der Waals surface area contributed by atoms with Crippen LogP contribution in [0.2, 0.25) is 0 Å². The van der Waals surface area contributed by atoms with Crippen LogP contribution in [0.5, 0.6) is 0 Å². The maximum Gasteiger partial charge on any atom is 0.191 e. The van der Waals surface area contributed by atoms with Crippen molar-refractivity contribution in [3.8, 4) is 0 Å². The number of nitrogens with one attached hydrogen (secondary N) is 1. The maximum absolute atomic E-state index is 5.71. The van der Waals surface area contributed by atoms with Gasteiger partial charge in [-0.1, -0.05) is 11.8 Å². The molecule has 2 aromatic rings. The highest BCUT2D eigenvalue weighted by atomic mass is 32.2. The van der Waals surface area contributed by atoms with Crippen LogP contribution in [-0.4, -0.2) is 26.0 Å². The number of hydrogen-bond donors (Lipinski definition) is 2. The van der Waals surface area contributed by atoms with E-state index in [-0.39, 0.29) is 0 Å². The first-order valence-electron chi connectivity index (χ1n) is 5.04. The molecule has 0 unspecified atom stereocenters. The van der Waals surface area contributed by atoms with Gasteiger partial charge in [0, 0.05) is 19.3 Å². The summed E-state index contributed by atoms with van der Waals surface area (Å²) in [6.07, 6.45) is 3.81. The average molecular weight is 250 g/mol. The number of nitrogens with zero attached hydrogens (tertiary/aromatic N) is 4. The monoisotopic (exact) mass is 250 g/mol. The van der Waals surface area contributed by atoms with Gasteiger partial charge in [0.2, 0.25) is 0 Å². The smallest absolute Gasteiger partial charge is 0.191 e. The summed E-state index contributed by atoms with van der Waals surface area (Å²) in [4.78, 5) is 8.41. The first-order chi connectivity index (χ1) is 8.08. The van der Waals surface area contributed by atoms with E-state index >= 15 is 0 Å². The second kappa shape index (κ2) is 4.62. The zero-order valence-electron chi connectivity index (χ0n) is 9.93. The van der Waals surface area contributed by atoms with Gasteiger partial charge in [0.05, 0.1) is 11.4 Å². The van der Waals surface area contributed by atoms with Crippen LogP contribution in [0, 0.1) is 6.92 Å². The average Bonchev–Trinajstić information content (AvgIpc) is 2.56. The molecule has 3 N–H and O–H groups in total. The summed E-state index contributed by atoms with van der Waals surface area (Å²) in [6, 6.07) is 1.70. The van der Waals surface area contributed by atoms with Crippen molar-refractivity contribution >= 4 is 29.1 Å². The summed E-state index contributed by atoms with van der Waals surface area (Å²) in [6.45, 7) is 1.93. The Labute approximate surface area is 104 Å². The fourth-order valence-corrected chi connectivity index (χ4v) is 1.85. The molecule has 0 radical (unpaired) electrons. The third-order valence-corrected chi connectivity index (χ3v) is 2.73. The Morgan fingerprint density at radius 2 is 2.18 bits per heavy atom. The second-order valence-corrected chi connectivity index (χ2v) is 4.36. The lowest BCUT2D eigenvalue weighted by Gasteiger charge is -2.05. The molecule has 6 nitrogen and oxygen atoms in total. The number of thioether (sulfide) groups is 1. The molecule has 0 fully saturated rings. The Bertz CT molecular complexity index is 536. The molecule has 0 aromatic carbocycles. The highest BCUT2D eigenvalue weighted by molar-refractivity contribution is 7.98. The van der Waals surface area contributed by atoms with Gasteiger partial charge in [-0.25, -0.2) is 9.97 Å². The SMILES string of the molecule is CSc1nc(N)cc(Nc2cn(C)nc2C)n1. The van der Waals surface area contributed by atoms with E-state index in [2.05, 4.69) is 20.4 Å². The Morgan fingerprint density at radius 1 is 1.41 bits per heavy atom. The summed E-state index contributed by atoms with van der Waals surface area (Å²) in [5.74, 6) is 1.13. The minimum Gasteiger partial charge on any atom is -0.383 e. The molecular weight excluding hydrogens is 236 g/mol. The number of aromatic nitrogens is 4. The van der Waals surface area contributed by atoms with Crippen molar-refractivity contribution in [3.05, 3.63) is 18.0 Å². The van der Waals surface area contributed by atoms with Gasteiger partial charge in [-0.15, -0.1) is 0 Å². The largest absolute Gasteiger partial charge is 0.383 e. The Kier molecular flexibility index (Phi) is 3.19. The maximum atomic E-state index is 5.71. The van der Waals surface area contributed by atoms with Gasteiger partial charge in [-0.05, 0) is 13.2 Å². The van der Waals surface area contributed by atoms with Gasteiger partial charge >= 0.3 is 0 Å². The highest BCUT2D eigenvalue weighted by Crippen LogP contribution is 2.21. The topological polar surface area (TPSA) is 81.6 Å². The number of hydrogen-bond acceptors (Lipinski definition) is 6. The van der Waals surface area contributed by atoms with Crippen molar-refractivity contribution in [2.75, 3.05) is 17.3 Å². The van der Waals surface area contributed by atoms with Crippen LogP contribution in [0.15, 0.2) is 17.4 Å². The minimum absolute atomic E-state index is 0.452. The molecule has 17 heavy (non-hydrogen) atoms. The zero-order chi connectivity index (χ0) is 12.4. The number of nitrogens with two attached hydrogens (primary N) is 1. The molecule has 2 heterocycles. The quantitative estimate of drug-likeness (QED) is 0.635. The van der Waals surface area contributed by atoms with Crippen molar-refractivity contribution < 1.29 is 0 Å². The van der Waals surface area contributed by atoms with Crippen molar-refractivity contribution in [1.29, 1.82) is 0 Å². The summed E-state index contributed by atoms with van der Waals surface area (Å²) in [5.41, 5.74) is 7.53. The summed E-state index contributed by atoms with van der Waals surface area (Å²) in [5, 5.41) is 8.07. The third kappa shape index (κ3) is 2.68. The molecule has 0 atom stereocenters. The van der Waals surface area contributed by atoms with Gasteiger partial charge in [-0.3, -0.25) is 4.68 Å². The van der Waals surface area contributed by atoms with Crippen LogP contribution in [0.25, 0.3) is 0 Å². The molecule has 90 valence electrons. The molecular formula is C10H14N6S. The summed E-state index contributed by atoms with van der Waals surface area (Å²) in [7, 11) is 1.87. The molecule has 0 saturated carbocycles.